The number of carbonyl (C=O) groups excluding carboxylic acids is 3. The van der Waals surface area contributed by atoms with E-state index in [2.05, 4.69) is 10.3 Å². The molecule has 1 saturated carbocycles. The molecule has 1 aliphatic heterocycles. The molecule has 0 spiro atoms. The van der Waals surface area contributed by atoms with E-state index in [1.54, 1.807) is 12.1 Å². The number of rotatable bonds is 6. The summed E-state index contributed by atoms with van der Waals surface area (Å²) < 4.78 is 5.82. The van der Waals surface area contributed by atoms with Crippen LogP contribution in [0.3, 0.4) is 0 Å². The number of aliphatic hydroxyl groups excluding tert-OH is 1. The standard InChI is InChI=1S/C17H22N4O5/c18-14(23)12-2-1-8-19-15(12)26-11-5-3-10(4-6-11)21-16(24)13(7-9-22)20-17(21)25/h1-2,8,10-11,13,22H,3-7,9H2,(H2,18,23)(H,20,25)/t10-,11-,13?. The Morgan fingerprint density at radius 2 is 2.08 bits per heavy atom. The highest BCUT2D eigenvalue weighted by atomic mass is 16.5. The van der Waals surface area contributed by atoms with Crippen LogP contribution >= 0.6 is 0 Å². The van der Waals surface area contributed by atoms with Gasteiger partial charge in [0.05, 0.1) is 0 Å². The van der Waals surface area contributed by atoms with Gasteiger partial charge in [-0.05, 0) is 44.2 Å². The van der Waals surface area contributed by atoms with Gasteiger partial charge in [-0.3, -0.25) is 14.5 Å². The summed E-state index contributed by atoms with van der Waals surface area (Å²) in [5, 5.41) is 11.6. The predicted molar refractivity (Wildman–Crippen MR) is 90.3 cm³/mol. The first-order chi connectivity index (χ1) is 12.5. The number of imide groups is 1. The molecule has 0 aromatic carbocycles. The maximum absolute atomic E-state index is 12.3. The predicted octanol–water partition coefficient (Wildman–Crippen LogP) is 0.173. The number of urea groups is 1. The van der Waals surface area contributed by atoms with Gasteiger partial charge in [-0.2, -0.15) is 0 Å². The summed E-state index contributed by atoms with van der Waals surface area (Å²) in [7, 11) is 0. The highest BCUT2D eigenvalue weighted by Crippen LogP contribution is 2.29. The number of nitrogens with one attached hydrogen (secondary N) is 1. The fourth-order valence-electron chi connectivity index (χ4n) is 3.47. The van der Waals surface area contributed by atoms with Crippen molar-refractivity contribution >= 4 is 17.8 Å². The average molecular weight is 362 g/mol. The van der Waals surface area contributed by atoms with Gasteiger partial charge in [-0.1, -0.05) is 0 Å². The second-order valence-electron chi connectivity index (χ2n) is 6.49. The lowest BCUT2D eigenvalue weighted by atomic mass is 9.91. The number of pyridine rings is 1. The van der Waals surface area contributed by atoms with Crippen LogP contribution in [0.5, 0.6) is 5.88 Å². The van der Waals surface area contributed by atoms with Crippen molar-refractivity contribution in [2.75, 3.05) is 6.61 Å². The number of aromatic nitrogens is 1. The van der Waals surface area contributed by atoms with E-state index in [4.69, 9.17) is 15.6 Å². The maximum Gasteiger partial charge on any atom is 0.325 e. The van der Waals surface area contributed by atoms with Crippen molar-refractivity contribution in [1.29, 1.82) is 0 Å². The molecular formula is C17H22N4O5. The molecule has 2 aliphatic rings. The fraction of sp³-hybridized carbons (Fsp3) is 0.529. The van der Waals surface area contributed by atoms with Crippen LogP contribution in [-0.4, -0.2) is 57.6 Å². The zero-order valence-corrected chi connectivity index (χ0v) is 14.3. The first-order valence-corrected chi connectivity index (χ1v) is 8.67. The average Bonchev–Trinajstić information content (AvgIpc) is 2.90. The molecule has 9 heteroatoms. The maximum atomic E-state index is 12.3. The Kier molecular flexibility index (Phi) is 5.36. The lowest BCUT2D eigenvalue weighted by Crippen LogP contribution is -2.44. The minimum Gasteiger partial charge on any atom is -0.474 e. The highest BCUT2D eigenvalue weighted by Gasteiger charge is 2.42. The minimum absolute atomic E-state index is 0.155. The molecule has 0 bridgehead atoms. The Morgan fingerprint density at radius 1 is 1.35 bits per heavy atom. The molecule has 140 valence electrons. The van der Waals surface area contributed by atoms with Crippen molar-refractivity contribution in [3.05, 3.63) is 23.9 Å². The highest BCUT2D eigenvalue weighted by molar-refractivity contribution is 6.04. The number of hydrogen-bond donors (Lipinski definition) is 3. The number of hydrogen-bond acceptors (Lipinski definition) is 6. The molecule has 9 nitrogen and oxygen atoms in total. The van der Waals surface area contributed by atoms with E-state index in [1.165, 1.54) is 11.1 Å². The van der Waals surface area contributed by atoms with Crippen LogP contribution in [0.25, 0.3) is 0 Å². The molecule has 1 unspecified atom stereocenters. The molecule has 2 fully saturated rings. The third-order valence-electron chi connectivity index (χ3n) is 4.79. The molecular weight excluding hydrogens is 340 g/mol. The van der Waals surface area contributed by atoms with E-state index in [0.717, 1.165) is 0 Å². The Morgan fingerprint density at radius 3 is 2.73 bits per heavy atom. The Balaban J connectivity index is 1.59. The van der Waals surface area contributed by atoms with Crippen LogP contribution in [0.4, 0.5) is 4.79 Å². The fourth-order valence-corrected chi connectivity index (χ4v) is 3.47. The van der Waals surface area contributed by atoms with E-state index in [0.29, 0.717) is 25.7 Å². The van der Waals surface area contributed by atoms with Crippen molar-refractivity contribution in [1.82, 2.24) is 15.2 Å². The molecule has 1 aromatic rings. The van der Waals surface area contributed by atoms with Gasteiger partial charge < -0.3 is 20.9 Å². The van der Waals surface area contributed by atoms with Gasteiger partial charge in [0.25, 0.3) is 11.8 Å². The summed E-state index contributed by atoms with van der Waals surface area (Å²) in [4.78, 5) is 41.2. The molecule has 1 atom stereocenters. The van der Waals surface area contributed by atoms with Crippen molar-refractivity contribution in [2.45, 2.75) is 50.3 Å². The van der Waals surface area contributed by atoms with Gasteiger partial charge in [-0.25, -0.2) is 9.78 Å². The molecule has 26 heavy (non-hydrogen) atoms. The smallest absolute Gasteiger partial charge is 0.325 e. The van der Waals surface area contributed by atoms with E-state index in [1.807, 2.05) is 0 Å². The van der Waals surface area contributed by atoms with Crippen LogP contribution < -0.4 is 15.8 Å². The zero-order chi connectivity index (χ0) is 18.7. The molecule has 2 heterocycles. The second-order valence-corrected chi connectivity index (χ2v) is 6.49. The van der Waals surface area contributed by atoms with Crippen LogP contribution in [-0.2, 0) is 4.79 Å². The third kappa shape index (κ3) is 3.62. The molecule has 4 amide bonds. The van der Waals surface area contributed by atoms with Crippen LogP contribution in [0.15, 0.2) is 18.3 Å². The number of ether oxygens (including phenoxy) is 1. The molecule has 1 saturated heterocycles. The summed E-state index contributed by atoms with van der Waals surface area (Å²) in [6, 6.07) is 1.94. The Bertz CT molecular complexity index is 702. The molecule has 1 aliphatic carbocycles. The monoisotopic (exact) mass is 362 g/mol. The van der Waals surface area contributed by atoms with Crippen molar-refractivity contribution in [2.24, 2.45) is 5.73 Å². The molecule has 3 rings (SSSR count). The lowest BCUT2D eigenvalue weighted by Gasteiger charge is -2.33. The van der Waals surface area contributed by atoms with Crippen LogP contribution in [0, 0.1) is 0 Å². The van der Waals surface area contributed by atoms with Crippen molar-refractivity contribution in [3.8, 4) is 5.88 Å². The van der Waals surface area contributed by atoms with E-state index >= 15 is 0 Å². The van der Waals surface area contributed by atoms with Gasteiger partial charge in [0, 0.05) is 18.8 Å². The lowest BCUT2D eigenvalue weighted by molar-refractivity contribution is -0.130. The van der Waals surface area contributed by atoms with E-state index in [-0.39, 0.29) is 42.5 Å². The number of carbonyl (C=O) groups is 3. The zero-order valence-electron chi connectivity index (χ0n) is 14.3. The summed E-state index contributed by atoms with van der Waals surface area (Å²) in [6.45, 7) is -0.155. The Hall–Kier alpha value is -2.68. The SMILES string of the molecule is NC(=O)c1cccnc1O[C@H]1CC[C@H](N2C(=O)NC(CCO)C2=O)CC1. The van der Waals surface area contributed by atoms with E-state index in [9.17, 15) is 14.4 Å². The summed E-state index contributed by atoms with van der Waals surface area (Å²) >= 11 is 0. The number of aliphatic hydroxyl groups is 1. The van der Waals surface area contributed by atoms with Crippen molar-refractivity contribution in [3.63, 3.8) is 0 Å². The van der Waals surface area contributed by atoms with Crippen LogP contribution in [0.2, 0.25) is 0 Å². The summed E-state index contributed by atoms with van der Waals surface area (Å²) in [5.74, 6) is -0.674. The minimum atomic E-state index is -0.645. The molecule has 1 aromatic heterocycles. The first kappa shape index (κ1) is 18.1. The summed E-state index contributed by atoms with van der Waals surface area (Å²) in [5.41, 5.74) is 5.56. The van der Waals surface area contributed by atoms with Gasteiger partial charge >= 0.3 is 6.03 Å². The van der Waals surface area contributed by atoms with Gasteiger partial charge in [0.2, 0.25) is 5.88 Å². The van der Waals surface area contributed by atoms with Gasteiger partial charge in [0.1, 0.15) is 17.7 Å². The molecule has 0 radical (unpaired) electrons. The Labute approximate surface area is 150 Å². The quantitative estimate of drug-likeness (QED) is 0.618. The van der Waals surface area contributed by atoms with Crippen LogP contribution in [0.1, 0.15) is 42.5 Å². The normalized spacial score (nSPS) is 25.9. The van der Waals surface area contributed by atoms with Gasteiger partial charge in [-0.15, -0.1) is 0 Å². The topological polar surface area (TPSA) is 135 Å². The summed E-state index contributed by atoms with van der Waals surface area (Å²) in [6.07, 6.45) is 4.05. The number of primary amides is 1. The number of amides is 4. The molecule has 4 N–H and O–H groups in total. The number of nitrogens with zero attached hydrogens (tertiary/aromatic N) is 2. The second kappa shape index (κ2) is 7.69. The number of nitrogens with two attached hydrogens (primary N) is 1. The largest absolute Gasteiger partial charge is 0.474 e. The first-order valence-electron chi connectivity index (χ1n) is 8.67. The third-order valence-corrected chi connectivity index (χ3v) is 4.79. The van der Waals surface area contributed by atoms with Gasteiger partial charge in [0.15, 0.2) is 0 Å². The van der Waals surface area contributed by atoms with Crippen molar-refractivity contribution < 1.29 is 24.2 Å². The van der Waals surface area contributed by atoms with E-state index < -0.39 is 18.0 Å².